The number of benzene rings is 3. The van der Waals surface area contributed by atoms with Gasteiger partial charge in [-0.3, -0.25) is 24.0 Å². The minimum absolute atomic E-state index is 0.0942. The highest BCUT2D eigenvalue weighted by molar-refractivity contribution is 14.1. The van der Waals surface area contributed by atoms with Crippen molar-refractivity contribution in [3.8, 4) is 0 Å². The van der Waals surface area contributed by atoms with Crippen LogP contribution in [0.3, 0.4) is 0 Å². The third-order valence-corrected chi connectivity index (χ3v) is 8.77. The van der Waals surface area contributed by atoms with Crippen LogP contribution in [0.15, 0.2) is 48.5 Å². The monoisotopic (exact) mass is 861 g/mol. The van der Waals surface area contributed by atoms with E-state index in [1.165, 1.54) is 6.07 Å². The van der Waals surface area contributed by atoms with E-state index in [1.54, 1.807) is 27.9 Å². The average Bonchev–Trinajstić information content (AvgIpc) is 3.57. The largest absolute Gasteiger partial charge is 0.523 e. The van der Waals surface area contributed by atoms with E-state index >= 15 is 4.39 Å². The van der Waals surface area contributed by atoms with Gasteiger partial charge >= 0.3 is 12.5 Å². The van der Waals surface area contributed by atoms with Crippen molar-refractivity contribution in [3.63, 3.8) is 0 Å². The molecule has 3 aromatic carbocycles. The summed E-state index contributed by atoms with van der Waals surface area (Å²) < 4.78 is 121. The van der Waals surface area contributed by atoms with Gasteiger partial charge in [-0.1, -0.05) is 40.3 Å². The summed E-state index contributed by atoms with van der Waals surface area (Å²) in [5, 5.41) is 3.81. The highest BCUT2D eigenvalue weighted by atomic mass is 127. The number of hydrogen-bond acceptors (Lipinski definition) is 4. The van der Waals surface area contributed by atoms with E-state index in [-0.39, 0.29) is 26.4 Å². The Bertz CT molecular complexity index is 1780. The molecule has 0 saturated heterocycles. The van der Waals surface area contributed by atoms with E-state index < -0.39 is 87.4 Å². The molecule has 0 radical (unpaired) electrons. The molecule has 0 aliphatic heterocycles. The predicted octanol–water partition coefficient (Wildman–Crippen LogP) is 8.82. The number of nitrogens with one attached hydrogen (secondary N) is 2. The van der Waals surface area contributed by atoms with Gasteiger partial charge in [0.1, 0.15) is 28.3 Å². The molecular weight excluding hydrogens is 847 g/mol. The smallest absolute Gasteiger partial charge is 0.326 e. The number of rotatable bonds is 9. The maximum atomic E-state index is 15.4. The Morgan fingerprint density at radius 3 is 2.17 bits per heavy atom. The highest BCUT2D eigenvalue weighted by Crippen LogP contribution is 2.65. The number of nitrogens with zero attached hydrogens (tertiary/aromatic N) is 1. The van der Waals surface area contributed by atoms with Crippen molar-refractivity contribution >= 4 is 92.2 Å². The van der Waals surface area contributed by atoms with Gasteiger partial charge < -0.3 is 10.6 Å². The van der Waals surface area contributed by atoms with Crippen molar-refractivity contribution in [1.82, 2.24) is 0 Å². The first-order chi connectivity index (χ1) is 22.2. The molecule has 258 valence electrons. The molecule has 7 nitrogen and oxygen atoms in total. The fraction of sp³-hybridized carbons (Fsp3) is 0.250. The van der Waals surface area contributed by atoms with Crippen LogP contribution in [0, 0.1) is 23.4 Å². The molecular formula is C28H16Cl3F9IN3O4. The van der Waals surface area contributed by atoms with E-state index in [4.69, 9.17) is 34.8 Å². The summed E-state index contributed by atoms with van der Waals surface area (Å²) in [6.45, 7) is -1.62. The lowest BCUT2D eigenvalue weighted by Crippen LogP contribution is -2.31. The summed E-state index contributed by atoms with van der Waals surface area (Å²) in [6, 6.07) is 6.97. The Labute approximate surface area is 292 Å². The summed E-state index contributed by atoms with van der Waals surface area (Å²) in [7, 11) is 0. The van der Waals surface area contributed by atoms with Crippen LogP contribution in [0.5, 0.6) is 0 Å². The molecule has 1 aliphatic carbocycles. The lowest BCUT2D eigenvalue weighted by atomic mass is 10.0. The zero-order chi connectivity index (χ0) is 35.9. The maximum Gasteiger partial charge on any atom is 0.523 e. The van der Waals surface area contributed by atoms with Crippen molar-refractivity contribution in [2.45, 2.75) is 22.8 Å². The summed E-state index contributed by atoms with van der Waals surface area (Å²) in [6.07, 6.45) is -10.2. The number of carbonyl (C=O) groups is 3. The van der Waals surface area contributed by atoms with Crippen molar-refractivity contribution in [2.75, 3.05) is 26.7 Å². The van der Waals surface area contributed by atoms with Gasteiger partial charge in [0.15, 0.2) is 5.82 Å². The minimum atomic E-state index is -5.20. The number of halogens is 13. The van der Waals surface area contributed by atoms with Gasteiger partial charge in [-0.25, -0.2) is 13.2 Å². The van der Waals surface area contributed by atoms with E-state index in [0.717, 1.165) is 29.2 Å². The maximum absolute atomic E-state index is 15.4. The van der Waals surface area contributed by atoms with Crippen LogP contribution in [0.2, 0.25) is 5.02 Å². The Morgan fingerprint density at radius 2 is 1.56 bits per heavy atom. The third kappa shape index (κ3) is 8.23. The van der Waals surface area contributed by atoms with Gasteiger partial charge in [-0.05, 0) is 48.0 Å². The molecule has 48 heavy (non-hydrogen) atoms. The van der Waals surface area contributed by atoms with E-state index in [9.17, 15) is 49.5 Å². The molecule has 0 aromatic heterocycles. The second-order valence-corrected chi connectivity index (χ2v) is 12.5. The van der Waals surface area contributed by atoms with Gasteiger partial charge in [0.2, 0.25) is 5.91 Å². The topological polar surface area (TPSA) is 87.7 Å². The fourth-order valence-corrected chi connectivity index (χ4v) is 6.27. The summed E-state index contributed by atoms with van der Waals surface area (Å²) in [4.78, 5) is 39.2. The van der Waals surface area contributed by atoms with Crippen molar-refractivity contribution in [3.05, 3.63) is 87.7 Å². The fourth-order valence-electron chi connectivity index (χ4n) is 4.57. The number of alkyl halides is 9. The van der Waals surface area contributed by atoms with Crippen molar-refractivity contribution in [2.24, 2.45) is 5.92 Å². The molecule has 1 saturated carbocycles. The van der Waals surface area contributed by atoms with Crippen molar-refractivity contribution < 1.29 is 58.6 Å². The molecule has 3 amide bonds. The first kappa shape index (κ1) is 37.8. The second kappa shape index (κ2) is 14.1. The van der Waals surface area contributed by atoms with Crippen LogP contribution in [0.25, 0.3) is 0 Å². The van der Waals surface area contributed by atoms with Gasteiger partial charge in [-0.15, -0.1) is 36.4 Å². The third-order valence-electron chi connectivity index (χ3n) is 6.81. The van der Waals surface area contributed by atoms with Crippen LogP contribution in [-0.4, -0.2) is 39.6 Å². The number of carbonyl (C=O) groups excluding carboxylic acids is 3. The normalized spacial score (nSPS) is 17.1. The number of hydrogen-bond donors (Lipinski definition) is 2. The van der Waals surface area contributed by atoms with Crippen LogP contribution >= 0.6 is 57.4 Å². The molecule has 2 atom stereocenters. The molecule has 2 N–H and O–H groups in total. The Balaban J connectivity index is 1.56. The number of ether oxygens (including phenoxy) is 1. The van der Waals surface area contributed by atoms with Crippen LogP contribution in [0.1, 0.15) is 27.4 Å². The first-order valence-corrected chi connectivity index (χ1v) is 15.5. The van der Waals surface area contributed by atoms with Gasteiger partial charge in [0.25, 0.3) is 11.8 Å². The van der Waals surface area contributed by atoms with E-state index in [1.807, 2.05) is 0 Å². The first-order valence-electron chi connectivity index (χ1n) is 12.9. The lowest BCUT2D eigenvalue weighted by molar-refractivity contribution is -0.320. The average molecular weight is 863 g/mol. The summed E-state index contributed by atoms with van der Waals surface area (Å²) >= 11 is 20.3. The number of amides is 3. The van der Waals surface area contributed by atoms with E-state index in [0.29, 0.717) is 18.2 Å². The Kier molecular flexibility index (Phi) is 11.1. The molecule has 2 unspecified atom stereocenters. The van der Waals surface area contributed by atoms with Crippen LogP contribution < -0.4 is 15.5 Å². The standard InChI is InChI=1S/C28H16Cl3F9IN3O4/c29-15-3-2-12(42-24(46)21-20(26(21,30)31)11-1-4-16(32)14(7-11)27(35,36)37)8-13(15)25(47)44(10-41)18-6-5-17(33)23(22(18)34)43-19(45)9-48-28(38,39)40/h1-8,20-21H,9-10H2,(H,42,46)(H,43,45). The lowest BCUT2D eigenvalue weighted by Gasteiger charge is -2.23. The molecule has 3 aromatic rings. The summed E-state index contributed by atoms with van der Waals surface area (Å²) in [5.41, 5.74) is -3.99. The van der Waals surface area contributed by atoms with Crippen LogP contribution in [-0.2, 0) is 20.5 Å². The number of anilines is 3. The molecule has 1 fully saturated rings. The Hall–Kier alpha value is -3.00. The quantitative estimate of drug-likeness (QED) is 0.0976. The molecule has 0 spiro atoms. The highest BCUT2D eigenvalue weighted by Gasteiger charge is 2.67. The van der Waals surface area contributed by atoms with Gasteiger partial charge in [0.05, 0.1) is 32.3 Å². The molecule has 1 aliphatic rings. The van der Waals surface area contributed by atoms with E-state index in [2.05, 4.69) is 10.1 Å². The molecule has 20 heteroatoms. The Morgan fingerprint density at radius 1 is 0.917 bits per heavy atom. The zero-order valence-electron chi connectivity index (χ0n) is 23.2. The van der Waals surface area contributed by atoms with Gasteiger partial charge in [0, 0.05) is 11.6 Å². The molecule has 4 rings (SSSR count). The summed E-state index contributed by atoms with van der Waals surface area (Å²) in [5.74, 6) is -10.4. The van der Waals surface area contributed by atoms with Crippen LogP contribution in [0.4, 0.5) is 56.6 Å². The second-order valence-electron chi connectivity index (χ2n) is 9.94. The van der Waals surface area contributed by atoms with Crippen molar-refractivity contribution in [1.29, 1.82) is 0 Å². The minimum Gasteiger partial charge on any atom is -0.326 e. The predicted molar refractivity (Wildman–Crippen MR) is 165 cm³/mol. The zero-order valence-corrected chi connectivity index (χ0v) is 27.6. The van der Waals surface area contributed by atoms with Gasteiger partial charge in [-0.2, -0.15) is 13.2 Å². The SMILES string of the molecule is O=C(COC(F)(F)F)Nc1c(F)ccc(N(CI)C(=O)c2cc(NC(=O)C3C(c4ccc(F)c(C(F)(F)F)c4)C3(Cl)Cl)ccc2Cl)c1F. The molecule has 0 heterocycles. The molecule has 0 bridgehead atoms.